The number of hydrogen-bond donors (Lipinski definition) is 1. The van der Waals surface area contributed by atoms with E-state index in [0.29, 0.717) is 16.3 Å². The van der Waals surface area contributed by atoms with E-state index < -0.39 is 0 Å². The second kappa shape index (κ2) is 4.35. The van der Waals surface area contributed by atoms with Gasteiger partial charge in [-0.05, 0) is 18.6 Å². The van der Waals surface area contributed by atoms with Crippen molar-refractivity contribution in [1.82, 2.24) is 4.98 Å². The van der Waals surface area contributed by atoms with Crippen molar-refractivity contribution >= 4 is 16.3 Å². The number of halogens is 1. The summed E-state index contributed by atoms with van der Waals surface area (Å²) in [6, 6.07) is 5.10. The van der Waals surface area contributed by atoms with E-state index in [1.54, 1.807) is 13.0 Å². The summed E-state index contributed by atoms with van der Waals surface area (Å²) >= 11 is 1.47. The number of anilines is 1. The van der Waals surface area contributed by atoms with Crippen LogP contribution in [0.25, 0.3) is 11.3 Å². The van der Waals surface area contributed by atoms with Crippen LogP contribution < -0.4 is 5.73 Å². The lowest BCUT2D eigenvalue weighted by Crippen LogP contribution is -2.10. The number of nitrogens with two attached hydrogens (primary N) is 1. The van der Waals surface area contributed by atoms with E-state index in [0.717, 1.165) is 10.6 Å². The van der Waals surface area contributed by atoms with Crippen LogP contribution in [-0.2, 0) is 5.41 Å². The molecule has 0 aliphatic rings. The number of rotatable bonds is 1. The Hall–Kier alpha value is -1.42. The van der Waals surface area contributed by atoms with Gasteiger partial charge in [0.1, 0.15) is 21.5 Å². The van der Waals surface area contributed by atoms with Gasteiger partial charge in [-0.3, -0.25) is 0 Å². The Bertz CT molecular complexity index is 582. The molecule has 2 aromatic rings. The van der Waals surface area contributed by atoms with Crippen molar-refractivity contribution in [3.63, 3.8) is 0 Å². The van der Waals surface area contributed by atoms with E-state index in [-0.39, 0.29) is 11.2 Å². The molecule has 2 rings (SSSR count). The van der Waals surface area contributed by atoms with Crippen LogP contribution in [0.4, 0.5) is 9.39 Å². The monoisotopic (exact) mass is 264 g/mol. The first kappa shape index (κ1) is 13.0. The van der Waals surface area contributed by atoms with Gasteiger partial charge in [0.2, 0.25) is 0 Å². The summed E-state index contributed by atoms with van der Waals surface area (Å²) in [7, 11) is 0. The normalized spacial score (nSPS) is 11.8. The smallest absolute Gasteiger partial charge is 0.126 e. The summed E-state index contributed by atoms with van der Waals surface area (Å²) in [5, 5.41) is 1.61. The van der Waals surface area contributed by atoms with Crippen molar-refractivity contribution < 1.29 is 4.39 Å². The van der Waals surface area contributed by atoms with Gasteiger partial charge in [0, 0.05) is 11.0 Å². The van der Waals surface area contributed by atoms with Crippen LogP contribution in [0.5, 0.6) is 0 Å². The lowest BCUT2D eigenvalue weighted by molar-refractivity contribution is 0.586. The molecule has 0 atom stereocenters. The number of nitrogens with zero attached hydrogens (tertiary/aromatic N) is 1. The molecule has 0 unspecified atom stereocenters. The number of benzene rings is 1. The number of hydrogen-bond acceptors (Lipinski definition) is 3. The van der Waals surface area contributed by atoms with Crippen LogP contribution in [0, 0.1) is 12.7 Å². The van der Waals surface area contributed by atoms with Gasteiger partial charge in [-0.1, -0.05) is 32.9 Å². The summed E-state index contributed by atoms with van der Waals surface area (Å²) in [4.78, 5) is 4.55. The zero-order valence-electron chi connectivity index (χ0n) is 11.0. The van der Waals surface area contributed by atoms with E-state index in [9.17, 15) is 4.39 Å². The molecule has 2 N–H and O–H groups in total. The van der Waals surface area contributed by atoms with Gasteiger partial charge >= 0.3 is 0 Å². The molecule has 1 heterocycles. The summed E-state index contributed by atoms with van der Waals surface area (Å²) < 4.78 is 13.6. The van der Waals surface area contributed by atoms with Gasteiger partial charge < -0.3 is 5.73 Å². The van der Waals surface area contributed by atoms with Crippen LogP contribution in [0.1, 0.15) is 31.3 Å². The van der Waals surface area contributed by atoms with Crippen LogP contribution in [-0.4, -0.2) is 4.98 Å². The first-order chi connectivity index (χ1) is 8.29. The third-order valence-corrected chi connectivity index (χ3v) is 4.05. The zero-order chi connectivity index (χ0) is 13.5. The van der Waals surface area contributed by atoms with Crippen LogP contribution in [0.15, 0.2) is 18.2 Å². The first-order valence-electron chi connectivity index (χ1n) is 5.82. The predicted octanol–water partition coefficient (Wildman–Crippen LogP) is 4.14. The molecule has 0 fully saturated rings. The number of aromatic nitrogens is 1. The molecule has 96 valence electrons. The van der Waals surface area contributed by atoms with Crippen molar-refractivity contribution in [1.29, 1.82) is 0 Å². The van der Waals surface area contributed by atoms with E-state index in [1.165, 1.54) is 17.4 Å². The summed E-state index contributed by atoms with van der Waals surface area (Å²) in [5.74, 6) is -0.225. The molecule has 18 heavy (non-hydrogen) atoms. The maximum Gasteiger partial charge on any atom is 0.126 e. The van der Waals surface area contributed by atoms with Crippen LogP contribution in [0.3, 0.4) is 0 Å². The second-order valence-corrected chi connectivity index (χ2v) is 6.48. The largest absolute Gasteiger partial charge is 0.389 e. The Morgan fingerprint density at radius 3 is 2.44 bits per heavy atom. The molecular weight excluding hydrogens is 247 g/mol. The van der Waals surface area contributed by atoms with E-state index >= 15 is 0 Å². The lowest BCUT2D eigenvalue weighted by atomic mass is 9.98. The molecule has 0 aliphatic carbocycles. The Morgan fingerprint density at radius 1 is 1.28 bits per heavy atom. The fraction of sp³-hybridized carbons (Fsp3) is 0.357. The number of nitrogen functional groups attached to an aromatic ring is 1. The Morgan fingerprint density at radius 2 is 1.94 bits per heavy atom. The van der Waals surface area contributed by atoms with Gasteiger partial charge in [0.25, 0.3) is 0 Å². The highest BCUT2D eigenvalue weighted by Crippen LogP contribution is 2.36. The van der Waals surface area contributed by atoms with E-state index in [4.69, 9.17) is 5.73 Å². The Balaban J connectivity index is 2.51. The molecular formula is C14H17FN2S. The standard InChI is InChI=1S/C14H17FN2S/c1-8-5-6-9(7-10(8)15)11-12(16)18-13(17-11)14(2,3)4/h5-7H,16H2,1-4H3. The summed E-state index contributed by atoms with van der Waals surface area (Å²) in [6.07, 6.45) is 0. The summed E-state index contributed by atoms with van der Waals surface area (Å²) in [6.45, 7) is 8.00. The summed E-state index contributed by atoms with van der Waals surface area (Å²) in [5.41, 5.74) is 8.00. The zero-order valence-corrected chi connectivity index (χ0v) is 11.9. The Labute approximate surface area is 111 Å². The third-order valence-electron chi connectivity index (χ3n) is 2.74. The topological polar surface area (TPSA) is 38.9 Å². The molecule has 0 saturated heterocycles. The van der Waals surface area contributed by atoms with E-state index in [1.807, 2.05) is 6.07 Å². The highest BCUT2D eigenvalue weighted by atomic mass is 32.1. The molecule has 0 amide bonds. The predicted molar refractivity (Wildman–Crippen MR) is 75.4 cm³/mol. The van der Waals surface area contributed by atoms with Crippen molar-refractivity contribution in [2.75, 3.05) is 5.73 Å². The maximum absolute atomic E-state index is 13.6. The molecule has 4 heteroatoms. The number of aryl methyl sites for hydroxylation is 1. The Kier molecular flexibility index (Phi) is 3.15. The average molecular weight is 264 g/mol. The average Bonchev–Trinajstić information content (AvgIpc) is 2.64. The fourth-order valence-electron chi connectivity index (χ4n) is 1.60. The van der Waals surface area contributed by atoms with Gasteiger partial charge in [-0.15, -0.1) is 11.3 Å². The molecule has 0 radical (unpaired) electrons. The van der Waals surface area contributed by atoms with Crippen LogP contribution >= 0.6 is 11.3 Å². The SMILES string of the molecule is Cc1ccc(-c2nc(C(C)(C)C)sc2N)cc1F. The molecule has 0 aliphatic heterocycles. The molecule has 2 nitrogen and oxygen atoms in total. The molecule has 0 bridgehead atoms. The second-order valence-electron chi connectivity index (χ2n) is 5.45. The van der Waals surface area contributed by atoms with Crippen molar-refractivity contribution in [3.8, 4) is 11.3 Å². The molecule has 0 saturated carbocycles. The maximum atomic E-state index is 13.6. The van der Waals surface area contributed by atoms with Crippen molar-refractivity contribution in [3.05, 3.63) is 34.6 Å². The van der Waals surface area contributed by atoms with Crippen LogP contribution in [0.2, 0.25) is 0 Å². The molecule has 0 spiro atoms. The van der Waals surface area contributed by atoms with Gasteiger partial charge in [0.15, 0.2) is 0 Å². The van der Waals surface area contributed by atoms with Gasteiger partial charge in [0.05, 0.1) is 0 Å². The highest BCUT2D eigenvalue weighted by Gasteiger charge is 2.21. The van der Waals surface area contributed by atoms with Gasteiger partial charge in [-0.25, -0.2) is 9.37 Å². The molecule has 1 aromatic heterocycles. The van der Waals surface area contributed by atoms with Crippen molar-refractivity contribution in [2.45, 2.75) is 33.1 Å². The van der Waals surface area contributed by atoms with E-state index in [2.05, 4.69) is 25.8 Å². The highest BCUT2D eigenvalue weighted by molar-refractivity contribution is 7.16. The lowest BCUT2D eigenvalue weighted by Gasteiger charge is -2.13. The first-order valence-corrected chi connectivity index (χ1v) is 6.64. The van der Waals surface area contributed by atoms with Crippen molar-refractivity contribution in [2.24, 2.45) is 0 Å². The minimum Gasteiger partial charge on any atom is -0.389 e. The fourth-order valence-corrected chi connectivity index (χ4v) is 2.51. The molecule has 1 aromatic carbocycles. The quantitative estimate of drug-likeness (QED) is 0.840. The third kappa shape index (κ3) is 2.38. The minimum absolute atomic E-state index is 0.0414. The minimum atomic E-state index is -0.225. The van der Waals surface area contributed by atoms with Gasteiger partial charge in [-0.2, -0.15) is 0 Å². The number of thiazole rings is 1.